The number of rotatable bonds is 13. The molecule has 304 valence electrons. The van der Waals surface area contributed by atoms with Crippen molar-refractivity contribution >= 4 is 35.9 Å². The summed E-state index contributed by atoms with van der Waals surface area (Å²) in [5.41, 5.74) is -1.45. The van der Waals surface area contributed by atoms with Gasteiger partial charge in [-0.2, -0.15) is 5.06 Å². The van der Waals surface area contributed by atoms with Crippen LogP contribution in [0.4, 0.5) is 0 Å². The highest BCUT2D eigenvalue weighted by Gasteiger charge is 2.78. The smallest absolute Gasteiger partial charge is 0.348 e. The maximum atomic E-state index is 14.8. The number of nitrogens with one attached hydrogen (secondary N) is 1. The number of hydroxylamine groups is 2. The van der Waals surface area contributed by atoms with Crippen molar-refractivity contribution < 1.29 is 62.3 Å². The van der Waals surface area contributed by atoms with E-state index in [1.807, 2.05) is 12.1 Å². The van der Waals surface area contributed by atoms with Crippen molar-refractivity contribution in [2.75, 3.05) is 13.2 Å². The highest BCUT2D eigenvalue weighted by atomic mass is 16.8. The fourth-order valence-electron chi connectivity index (χ4n) is 9.11. The number of aliphatic hydroxyl groups is 1. The minimum Gasteiger partial charge on any atom is -0.462 e. The van der Waals surface area contributed by atoms with Crippen LogP contribution in [0.25, 0.3) is 6.08 Å². The van der Waals surface area contributed by atoms with Crippen molar-refractivity contribution in [2.24, 2.45) is 22.7 Å². The third kappa shape index (κ3) is 7.14. The van der Waals surface area contributed by atoms with Gasteiger partial charge < -0.3 is 38.8 Å². The number of nitrogens with zero attached hydrogens (tertiary/aromatic N) is 1. The van der Waals surface area contributed by atoms with Crippen LogP contribution in [0.5, 0.6) is 0 Å². The van der Waals surface area contributed by atoms with Crippen LogP contribution in [0.2, 0.25) is 0 Å². The molecule has 0 unspecified atom stereocenters. The normalized spacial score (nSPS) is 33.4. The molecule has 4 saturated heterocycles. The summed E-state index contributed by atoms with van der Waals surface area (Å²) in [5, 5.41) is 14.8. The molecule has 0 spiro atoms. The summed E-state index contributed by atoms with van der Waals surface area (Å²) in [6.45, 7) is 8.67. The highest BCUT2D eigenvalue weighted by Crippen LogP contribution is 2.63. The van der Waals surface area contributed by atoms with Gasteiger partial charge in [0.25, 0.3) is 0 Å². The van der Waals surface area contributed by atoms with Crippen LogP contribution in [0.1, 0.15) is 90.7 Å². The number of hydrogen-bond acceptors (Lipinski definition) is 14. The topological polar surface area (TPSA) is 185 Å². The molecule has 1 aromatic carbocycles. The molecule has 2 bridgehead atoms. The number of aliphatic hydroxyl groups excluding tert-OH is 1. The molecule has 3 aliphatic carbocycles. The first kappa shape index (κ1) is 39.0. The molecule has 8 atom stereocenters. The molecule has 0 aromatic heterocycles. The second-order valence-electron chi connectivity index (χ2n) is 18.1. The molecular weight excluding hydrogens is 728 g/mol. The van der Waals surface area contributed by atoms with E-state index in [0.29, 0.717) is 11.1 Å². The van der Waals surface area contributed by atoms with Gasteiger partial charge in [-0.3, -0.25) is 19.2 Å². The lowest BCUT2D eigenvalue weighted by Gasteiger charge is -2.49. The van der Waals surface area contributed by atoms with Gasteiger partial charge in [0, 0.05) is 36.2 Å². The average molecular weight is 781 g/mol. The Hall–Kier alpha value is -3.89. The quantitative estimate of drug-likeness (QED) is 0.169. The van der Waals surface area contributed by atoms with Crippen molar-refractivity contribution in [2.45, 2.75) is 140 Å². The van der Waals surface area contributed by atoms with Crippen LogP contribution in [-0.4, -0.2) is 107 Å². The maximum absolute atomic E-state index is 14.8. The van der Waals surface area contributed by atoms with E-state index in [1.165, 1.54) is 11.1 Å². The Labute approximate surface area is 325 Å². The van der Waals surface area contributed by atoms with Gasteiger partial charge in [-0.05, 0) is 70.1 Å². The Morgan fingerprint density at radius 3 is 2.41 bits per heavy atom. The molecule has 8 rings (SSSR count). The Morgan fingerprint density at radius 2 is 1.77 bits per heavy atom. The van der Waals surface area contributed by atoms with Gasteiger partial charge in [-0.1, -0.05) is 38.1 Å². The predicted molar refractivity (Wildman–Crippen MR) is 193 cm³/mol. The summed E-state index contributed by atoms with van der Waals surface area (Å²) < 4.78 is 35.8. The second-order valence-corrected chi connectivity index (χ2v) is 18.1. The molecule has 7 aliphatic rings. The zero-order valence-electron chi connectivity index (χ0n) is 32.5. The molecular formula is C41H52N2O13. The Bertz CT molecular complexity index is 1780. The first-order valence-corrected chi connectivity index (χ1v) is 19.8. The van der Waals surface area contributed by atoms with Gasteiger partial charge in [-0.25, -0.2) is 9.59 Å². The monoisotopic (exact) mass is 780 g/mol. The molecule has 15 heteroatoms. The van der Waals surface area contributed by atoms with Gasteiger partial charge in [0.1, 0.15) is 42.0 Å². The number of amides is 1. The van der Waals surface area contributed by atoms with Crippen LogP contribution in [0.3, 0.4) is 0 Å². The molecule has 1 amide bonds. The van der Waals surface area contributed by atoms with E-state index >= 15 is 0 Å². The molecule has 56 heavy (non-hydrogen) atoms. The van der Waals surface area contributed by atoms with Gasteiger partial charge in [0.2, 0.25) is 12.0 Å². The van der Waals surface area contributed by atoms with Crippen molar-refractivity contribution in [3.8, 4) is 0 Å². The van der Waals surface area contributed by atoms with Crippen LogP contribution in [-0.2, 0) is 63.8 Å². The van der Waals surface area contributed by atoms with Crippen molar-refractivity contribution in [3.63, 3.8) is 0 Å². The number of benzene rings is 1. The van der Waals surface area contributed by atoms with E-state index in [9.17, 15) is 29.1 Å². The van der Waals surface area contributed by atoms with Crippen LogP contribution >= 0.6 is 0 Å². The first-order valence-electron chi connectivity index (χ1n) is 19.8. The summed E-state index contributed by atoms with van der Waals surface area (Å²) in [5.74, 6) is -3.24. The standard InChI is InChI=1S/C41H52N2O13/c1-38(2,3)53-29(46)16-14-26(20-44)42-37(49)40-18-27-30-31(55-41(54-30,24-10-11-24)25-12-13-25)33(40)56-43(32(40)35(47)51-27)19-23-8-6-7-22(17-23)9-15-28(45)52-34-36(48)50-21-39(34,4)5/h6-9,15,17,24-27,30-34,44H,10-14,16,18-21H2,1-5H3,(H,42,49)/t26-,27+,30-,31-,32-,33+,34-,40-/m0/s1. The Morgan fingerprint density at radius 1 is 1.05 bits per heavy atom. The molecule has 4 heterocycles. The molecule has 2 N–H and O–H groups in total. The fraction of sp³-hybridized carbons (Fsp3) is 0.683. The summed E-state index contributed by atoms with van der Waals surface area (Å²) in [6.07, 6.45) is 2.86. The lowest BCUT2D eigenvalue weighted by atomic mass is 9.62. The number of fused-ring (bicyclic) bond motifs is 4. The van der Waals surface area contributed by atoms with Crippen molar-refractivity contribution in [3.05, 3.63) is 41.5 Å². The van der Waals surface area contributed by atoms with Crippen molar-refractivity contribution in [1.29, 1.82) is 0 Å². The molecule has 0 radical (unpaired) electrons. The van der Waals surface area contributed by atoms with E-state index in [0.717, 1.165) is 25.7 Å². The van der Waals surface area contributed by atoms with E-state index in [2.05, 4.69) is 5.32 Å². The fourth-order valence-corrected chi connectivity index (χ4v) is 9.11. The van der Waals surface area contributed by atoms with Crippen LogP contribution in [0.15, 0.2) is 30.3 Å². The second kappa shape index (κ2) is 14.2. The molecule has 4 aliphatic heterocycles. The minimum absolute atomic E-state index is 0.0313. The lowest BCUT2D eigenvalue weighted by Crippen LogP contribution is -2.70. The third-order valence-electron chi connectivity index (χ3n) is 12.0. The van der Waals surface area contributed by atoms with Gasteiger partial charge in [0.15, 0.2) is 11.8 Å². The summed E-state index contributed by atoms with van der Waals surface area (Å²) in [7, 11) is 0. The number of carbonyl (C=O) groups excluding carboxylic acids is 5. The summed E-state index contributed by atoms with van der Waals surface area (Å²) in [6, 6.07) is 5.26. The largest absolute Gasteiger partial charge is 0.462 e. The summed E-state index contributed by atoms with van der Waals surface area (Å²) in [4.78, 5) is 73.0. The number of cyclic esters (lactones) is 1. The van der Waals surface area contributed by atoms with E-state index < -0.39 is 101 Å². The van der Waals surface area contributed by atoms with E-state index in [4.69, 9.17) is 33.3 Å². The maximum Gasteiger partial charge on any atom is 0.348 e. The van der Waals surface area contributed by atoms with Gasteiger partial charge >= 0.3 is 23.9 Å². The minimum atomic E-state index is -1.47. The van der Waals surface area contributed by atoms with Gasteiger partial charge in [0.05, 0.1) is 19.2 Å². The Balaban J connectivity index is 1.04. The Kier molecular flexibility index (Phi) is 9.87. The molecule has 1 aromatic rings. The van der Waals surface area contributed by atoms with Crippen LogP contribution < -0.4 is 5.32 Å². The zero-order chi connectivity index (χ0) is 39.8. The summed E-state index contributed by atoms with van der Waals surface area (Å²) >= 11 is 0. The number of esters is 4. The molecule has 3 saturated carbocycles. The van der Waals surface area contributed by atoms with Gasteiger partial charge in [-0.15, -0.1) is 0 Å². The molecule has 7 fully saturated rings. The number of carbonyl (C=O) groups is 5. The third-order valence-corrected chi connectivity index (χ3v) is 12.0. The number of hydrogen-bond donors (Lipinski definition) is 2. The van der Waals surface area contributed by atoms with E-state index in [1.54, 1.807) is 52.8 Å². The lowest BCUT2D eigenvalue weighted by molar-refractivity contribution is -0.235. The SMILES string of the molecule is CC(C)(C)OC(=O)CC[C@@H](CO)NC(=O)[C@@]12C[C@H]3OC(=O)[C@@H]1N(Cc1cccc(C=CC(=O)O[C@H]4C(=O)OCC4(C)C)c1)O[C@@H]2[C@H]1OC(C2CC2)(C2CC2)O[C@H]13. The number of ether oxygens (including phenoxy) is 6. The highest BCUT2D eigenvalue weighted by molar-refractivity contribution is 5.94. The first-order chi connectivity index (χ1) is 26.5. The predicted octanol–water partition coefficient (Wildman–Crippen LogP) is 2.89. The molecule has 15 nitrogen and oxygen atoms in total. The average Bonchev–Trinajstić information content (AvgIpc) is 4.08. The zero-order valence-corrected chi connectivity index (χ0v) is 32.5. The van der Waals surface area contributed by atoms with E-state index in [-0.39, 0.29) is 44.2 Å². The van der Waals surface area contributed by atoms with Crippen molar-refractivity contribution in [1.82, 2.24) is 10.4 Å². The van der Waals surface area contributed by atoms with Crippen LogP contribution in [0, 0.1) is 22.7 Å².